The Hall–Kier alpha value is -1.36. The third kappa shape index (κ3) is 4.56. The van der Waals surface area contributed by atoms with E-state index in [1.54, 1.807) is 6.08 Å². The van der Waals surface area contributed by atoms with Crippen molar-refractivity contribution in [2.75, 3.05) is 13.7 Å². The highest BCUT2D eigenvalue weighted by atomic mass is 19.1. The number of nitrogens with one attached hydrogen (secondary N) is 1. The SMILES string of the molecule is CNC1CC(OC2=CC(F)CC(OCC(=O)C(C)C)=C2)C1. The summed E-state index contributed by atoms with van der Waals surface area (Å²) in [5.74, 6) is 0.938. The normalized spacial score (nSPS) is 28.5. The van der Waals surface area contributed by atoms with Crippen molar-refractivity contribution in [1.82, 2.24) is 5.32 Å². The molecule has 5 heteroatoms. The van der Waals surface area contributed by atoms with Crippen molar-refractivity contribution in [2.24, 2.45) is 5.92 Å². The molecule has 0 spiro atoms. The lowest BCUT2D eigenvalue weighted by molar-refractivity contribution is -0.125. The van der Waals surface area contributed by atoms with E-state index in [2.05, 4.69) is 5.32 Å². The molecule has 0 bridgehead atoms. The van der Waals surface area contributed by atoms with E-state index in [1.165, 1.54) is 6.08 Å². The van der Waals surface area contributed by atoms with E-state index >= 15 is 0 Å². The van der Waals surface area contributed by atoms with Crippen molar-refractivity contribution in [1.29, 1.82) is 0 Å². The van der Waals surface area contributed by atoms with Crippen LogP contribution in [0.4, 0.5) is 4.39 Å². The van der Waals surface area contributed by atoms with Gasteiger partial charge >= 0.3 is 0 Å². The minimum absolute atomic E-state index is 0.00520. The van der Waals surface area contributed by atoms with E-state index in [0.717, 1.165) is 12.8 Å². The number of carbonyl (C=O) groups excluding carboxylic acids is 1. The van der Waals surface area contributed by atoms with Crippen molar-refractivity contribution >= 4 is 5.78 Å². The first-order valence-corrected chi connectivity index (χ1v) is 7.53. The fraction of sp³-hybridized carbons (Fsp3) is 0.688. The zero-order valence-electron chi connectivity index (χ0n) is 12.9. The Kier molecular flexibility index (Phi) is 5.39. The summed E-state index contributed by atoms with van der Waals surface area (Å²) in [6.07, 6.45) is 4.23. The Morgan fingerprint density at radius 2 is 2.19 bits per heavy atom. The van der Waals surface area contributed by atoms with Gasteiger partial charge in [-0.2, -0.15) is 0 Å². The van der Waals surface area contributed by atoms with Gasteiger partial charge in [-0.1, -0.05) is 13.8 Å². The van der Waals surface area contributed by atoms with Crippen LogP contribution >= 0.6 is 0 Å². The number of alkyl halides is 1. The summed E-state index contributed by atoms with van der Waals surface area (Å²) < 4.78 is 24.9. The highest BCUT2D eigenvalue weighted by molar-refractivity contribution is 5.81. The predicted molar refractivity (Wildman–Crippen MR) is 78.4 cm³/mol. The molecule has 0 heterocycles. The molecule has 1 atom stereocenters. The molecule has 0 aromatic heterocycles. The van der Waals surface area contributed by atoms with Crippen LogP contribution in [0.25, 0.3) is 0 Å². The lowest BCUT2D eigenvalue weighted by Gasteiger charge is -2.35. The molecule has 0 amide bonds. The number of allylic oxidation sites excluding steroid dienone is 3. The van der Waals surface area contributed by atoms with Crippen molar-refractivity contribution in [3.05, 3.63) is 23.7 Å². The highest BCUT2D eigenvalue weighted by Gasteiger charge is 2.30. The summed E-state index contributed by atoms with van der Waals surface area (Å²) in [4.78, 5) is 11.6. The van der Waals surface area contributed by atoms with E-state index in [0.29, 0.717) is 17.6 Å². The molecule has 0 aliphatic heterocycles. The van der Waals surface area contributed by atoms with Gasteiger partial charge in [-0.15, -0.1) is 0 Å². The number of rotatable bonds is 7. The van der Waals surface area contributed by atoms with Gasteiger partial charge in [-0.3, -0.25) is 4.79 Å². The van der Waals surface area contributed by atoms with Crippen LogP contribution in [0.3, 0.4) is 0 Å². The lowest BCUT2D eigenvalue weighted by atomic mass is 9.89. The fourth-order valence-electron chi connectivity index (χ4n) is 2.29. The minimum atomic E-state index is -1.12. The van der Waals surface area contributed by atoms with Gasteiger partial charge in [0.1, 0.15) is 30.4 Å². The average Bonchev–Trinajstić information content (AvgIpc) is 2.39. The lowest BCUT2D eigenvalue weighted by Crippen LogP contribution is -2.43. The molecular formula is C16H24FNO3. The molecule has 2 aliphatic rings. The molecule has 4 nitrogen and oxygen atoms in total. The summed E-state index contributed by atoms with van der Waals surface area (Å²) in [5, 5.41) is 3.18. The first-order valence-electron chi connectivity index (χ1n) is 7.53. The fourth-order valence-corrected chi connectivity index (χ4v) is 2.29. The molecule has 1 saturated carbocycles. The van der Waals surface area contributed by atoms with Crippen molar-refractivity contribution < 1.29 is 18.7 Å². The number of halogens is 1. The van der Waals surface area contributed by atoms with Gasteiger partial charge in [-0.05, 0) is 26.0 Å². The largest absolute Gasteiger partial charge is 0.490 e. The maximum absolute atomic E-state index is 13.7. The second-order valence-electron chi connectivity index (χ2n) is 6.01. The average molecular weight is 297 g/mol. The molecular weight excluding hydrogens is 273 g/mol. The molecule has 118 valence electrons. The molecule has 0 aromatic carbocycles. The molecule has 2 rings (SSSR count). The molecule has 21 heavy (non-hydrogen) atoms. The van der Waals surface area contributed by atoms with Gasteiger partial charge in [-0.25, -0.2) is 4.39 Å². The minimum Gasteiger partial charge on any atom is -0.490 e. The number of hydrogen-bond donors (Lipinski definition) is 1. The number of carbonyl (C=O) groups is 1. The Morgan fingerprint density at radius 3 is 2.81 bits per heavy atom. The van der Waals surface area contributed by atoms with Gasteiger partial charge in [0.25, 0.3) is 0 Å². The standard InChI is InChI=1S/C16H24FNO3/c1-10(2)16(19)9-20-13-4-11(17)5-14(8-13)21-15-6-12(7-15)18-3/h5,8,10-12,15,18H,4,6-7,9H2,1-3H3. The monoisotopic (exact) mass is 297 g/mol. The number of ketones is 1. The summed E-state index contributed by atoms with van der Waals surface area (Å²) in [6, 6.07) is 0.490. The van der Waals surface area contributed by atoms with Crippen molar-refractivity contribution in [3.63, 3.8) is 0 Å². The quantitative estimate of drug-likeness (QED) is 0.784. The van der Waals surface area contributed by atoms with Crippen LogP contribution < -0.4 is 5.32 Å². The second kappa shape index (κ2) is 7.07. The molecule has 1 unspecified atom stereocenters. The van der Waals surface area contributed by atoms with Crippen molar-refractivity contribution in [3.8, 4) is 0 Å². The topological polar surface area (TPSA) is 47.6 Å². The molecule has 0 aromatic rings. The van der Waals surface area contributed by atoms with E-state index in [1.807, 2.05) is 20.9 Å². The molecule has 1 fully saturated rings. The molecule has 0 saturated heterocycles. The van der Waals surface area contributed by atoms with Crippen LogP contribution in [0.2, 0.25) is 0 Å². The highest BCUT2D eigenvalue weighted by Crippen LogP contribution is 2.29. The van der Waals surface area contributed by atoms with E-state index in [9.17, 15) is 9.18 Å². The van der Waals surface area contributed by atoms with Gasteiger partial charge in [0.15, 0.2) is 5.78 Å². The van der Waals surface area contributed by atoms with Gasteiger partial charge in [0, 0.05) is 24.5 Å². The number of hydrogen-bond acceptors (Lipinski definition) is 4. The van der Waals surface area contributed by atoms with E-state index in [-0.39, 0.29) is 30.8 Å². The van der Waals surface area contributed by atoms with Crippen LogP contribution in [0.15, 0.2) is 23.7 Å². The Morgan fingerprint density at radius 1 is 1.48 bits per heavy atom. The van der Waals surface area contributed by atoms with E-state index < -0.39 is 6.17 Å². The maximum atomic E-state index is 13.7. The first kappa shape index (κ1) is 16.0. The van der Waals surface area contributed by atoms with E-state index in [4.69, 9.17) is 9.47 Å². The molecule has 1 N–H and O–H groups in total. The summed E-state index contributed by atoms with van der Waals surface area (Å²) >= 11 is 0. The Balaban J connectivity index is 1.85. The van der Waals surface area contributed by atoms with Crippen LogP contribution in [-0.4, -0.2) is 37.8 Å². The summed E-state index contributed by atoms with van der Waals surface area (Å²) in [7, 11) is 1.93. The predicted octanol–water partition coefficient (Wildman–Crippen LogP) is 2.50. The second-order valence-corrected chi connectivity index (χ2v) is 6.01. The van der Waals surface area contributed by atoms with Gasteiger partial charge in [0.05, 0.1) is 0 Å². The maximum Gasteiger partial charge on any atom is 0.172 e. The van der Waals surface area contributed by atoms with Crippen LogP contribution in [0.5, 0.6) is 0 Å². The van der Waals surface area contributed by atoms with Crippen LogP contribution in [0, 0.1) is 5.92 Å². The first-order chi connectivity index (χ1) is 9.97. The van der Waals surface area contributed by atoms with Gasteiger partial charge < -0.3 is 14.8 Å². The third-order valence-electron chi connectivity index (χ3n) is 3.89. The Labute approximate surface area is 125 Å². The van der Waals surface area contributed by atoms with Gasteiger partial charge in [0.2, 0.25) is 0 Å². The number of ether oxygens (including phenoxy) is 2. The summed E-state index contributed by atoms with van der Waals surface area (Å²) in [5.41, 5.74) is 0. The smallest absolute Gasteiger partial charge is 0.172 e. The molecule has 0 radical (unpaired) electrons. The summed E-state index contributed by atoms with van der Waals surface area (Å²) in [6.45, 7) is 3.64. The molecule has 2 aliphatic carbocycles. The van der Waals surface area contributed by atoms with Crippen LogP contribution in [-0.2, 0) is 14.3 Å². The zero-order valence-corrected chi connectivity index (χ0v) is 12.9. The van der Waals surface area contributed by atoms with Crippen molar-refractivity contribution in [2.45, 2.75) is 51.4 Å². The Bertz CT molecular complexity index is 439. The van der Waals surface area contributed by atoms with Crippen LogP contribution in [0.1, 0.15) is 33.1 Å². The number of Topliss-reactive ketones (excluding diaryl/α,β-unsaturated/α-hetero) is 1. The zero-order chi connectivity index (χ0) is 15.4. The third-order valence-corrected chi connectivity index (χ3v) is 3.89.